The van der Waals surface area contributed by atoms with E-state index in [-0.39, 0.29) is 41.7 Å². The van der Waals surface area contributed by atoms with Crippen LogP contribution in [0.4, 0.5) is 4.48 Å². The fourth-order valence-corrected chi connectivity index (χ4v) is 5.59. The van der Waals surface area contributed by atoms with E-state index >= 15 is 4.48 Å². The maximum atomic E-state index is 16.3. The van der Waals surface area contributed by atoms with Crippen molar-refractivity contribution in [1.29, 1.82) is 0 Å². The number of nitrogens with one attached hydrogen (secondary N) is 2. The van der Waals surface area contributed by atoms with E-state index in [0.29, 0.717) is 51.8 Å². The molecule has 0 radical (unpaired) electrons. The molecule has 1 fully saturated rings. The summed E-state index contributed by atoms with van der Waals surface area (Å²) >= 11 is 12.2. The Bertz CT molecular complexity index is 1550. The van der Waals surface area contributed by atoms with Gasteiger partial charge in [-0.25, -0.2) is 0 Å². The van der Waals surface area contributed by atoms with E-state index in [0.717, 1.165) is 0 Å². The average molecular weight is 630 g/mol. The lowest BCUT2D eigenvalue weighted by Crippen LogP contribution is -2.52. The van der Waals surface area contributed by atoms with Crippen LogP contribution < -0.4 is 10.6 Å². The largest absolute Gasteiger partial charge is 0.385 e. The molecule has 226 valence electrons. The third-order valence-electron chi connectivity index (χ3n) is 7.97. The number of rotatable bonds is 12. The van der Waals surface area contributed by atoms with E-state index in [1.165, 1.54) is 26.2 Å². The maximum Gasteiger partial charge on any atom is 0.285 e. The summed E-state index contributed by atoms with van der Waals surface area (Å²) < 4.78 is 22.5. The summed E-state index contributed by atoms with van der Waals surface area (Å²) in [5.41, 5.74) is -0.681. The number of halogens is 3. The number of amides is 2. The molecule has 1 aromatic heterocycles. The number of aliphatic hydroxyl groups is 1. The number of fused-ring (bicyclic) bond motifs is 1. The summed E-state index contributed by atoms with van der Waals surface area (Å²) in [6.07, 6.45) is 1.37. The highest BCUT2D eigenvalue weighted by Crippen LogP contribution is 2.50. The lowest BCUT2D eigenvalue weighted by molar-refractivity contribution is -0.217. The highest BCUT2D eigenvalue weighted by Gasteiger charge is 2.61. The molecule has 1 unspecified atom stereocenters. The molecule has 2 aromatic carbocycles. The van der Waals surface area contributed by atoms with E-state index in [1.807, 2.05) is 0 Å². The topological polar surface area (TPSA) is 121 Å². The van der Waals surface area contributed by atoms with Crippen molar-refractivity contribution in [2.75, 3.05) is 26.7 Å². The number of ether oxygens (including phenoxy) is 1. The molecule has 1 aliphatic heterocycles. The first-order valence-corrected chi connectivity index (χ1v) is 14.6. The Morgan fingerprint density at radius 3 is 2.42 bits per heavy atom. The van der Waals surface area contributed by atoms with E-state index in [4.69, 9.17) is 27.9 Å². The number of pyridine rings is 1. The van der Waals surface area contributed by atoms with Gasteiger partial charge in [0, 0.05) is 47.9 Å². The molecule has 2 aliphatic rings. The Morgan fingerprint density at radius 1 is 1.12 bits per heavy atom. The number of aliphatic hydroxyl groups excluding tert-OH is 1. The number of hydrogen-bond acceptors (Lipinski definition) is 7. The number of nitrogens with zero attached hydrogens (tertiary/aromatic N) is 2. The van der Waals surface area contributed by atoms with Crippen LogP contribution in [0, 0.1) is 5.41 Å². The molecule has 2 atom stereocenters. The van der Waals surface area contributed by atoms with Gasteiger partial charge in [0.15, 0.2) is 0 Å². The fourth-order valence-electron chi connectivity index (χ4n) is 5.35. The van der Waals surface area contributed by atoms with E-state index < -0.39 is 28.9 Å². The number of carbonyl (C=O) groups excluding carboxylic acids is 3. The van der Waals surface area contributed by atoms with Crippen LogP contribution >= 0.6 is 23.2 Å². The minimum atomic E-state index is -2.50. The highest BCUT2D eigenvalue weighted by molar-refractivity contribution is 6.30. The highest BCUT2D eigenvalue weighted by atomic mass is 35.5. The smallest absolute Gasteiger partial charge is 0.285 e. The molecule has 0 saturated heterocycles. The molecule has 9 nitrogen and oxygen atoms in total. The van der Waals surface area contributed by atoms with Gasteiger partial charge in [-0.15, -0.1) is 5.12 Å². The second-order valence-corrected chi connectivity index (χ2v) is 11.9. The van der Waals surface area contributed by atoms with Crippen LogP contribution in [0.3, 0.4) is 0 Å². The summed E-state index contributed by atoms with van der Waals surface area (Å²) in [5.74, 6) is -2.26. The molecule has 1 saturated carbocycles. The Hall–Kier alpha value is -3.41. The van der Waals surface area contributed by atoms with Crippen molar-refractivity contribution < 1.29 is 28.7 Å². The van der Waals surface area contributed by atoms with E-state index in [9.17, 15) is 19.5 Å². The molecular formula is C31H31Cl2FN4O5. The molecule has 5 rings (SSSR count). The van der Waals surface area contributed by atoms with Crippen LogP contribution in [0.15, 0.2) is 54.7 Å². The number of benzene rings is 2. The van der Waals surface area contributed by atoms with Gasteiger partial charge in [-0.3, -0.25) is 19.4 Å². The number of ketones is 1. The van der Waals surface area contributed by atoms with Crippen molar-refractivity contribution in [2.45, 2.75) is 38.0 Å². The lowest BCUT2D eigenvalue weighted by atomic mass is 9.86. The number of carbonyl (C=O) groups is 3. The van der Waals surface area contributed by atoms with Crippen LogP contribution in [0.1, 0.15) is 46.9 Å². The predicted molar refractivity (Wildman–Crippen MR) is 159 cm³/mol. The monoisotopic (exact) mass is 628 g/mol. The van der Waals surface area contributed by atoms with Gasteiger partial charge in [-0.2, -0.15) is 0 Å². The summed E-state index contributed by atoms with van der Waals surface area (Å²) in [6, 6.07) is 13.5. The molecular weight excluding hydrogens is 598 g/mol. The first-order chi connectivity index (χ1) is 20.5. The second kappa shape index (κ2) is 12.3. The molecule has 3 aromatic rings. The zero-order valence-corrected chi connectivity index (χ0v) is 25.1. The van der Waals surface area contributed by atoms with Crippen LogP contribution in [0.5, 0.6) is 0 Å². The quantitative estimate of drug-likeness (QED) is 0.257. The zero-order valence-electron chi connectivity index (χ0n) is 23.6. The van der Waals surface area contributed by atoms with Crippen molar-refractivity contribution in [1.82, 2.24) is 20.7 Å². The van der Waals surface area contributed by atoms with Gasteiger partial charge in [0.2, 0.25) is 11.7 Å². The maximum absolute atomic E-state index is 16.3. The van der Waals surface area contributed by atoms with Gasteiger partial charge in [0.05, 0.1) is 23.7 Å². The van der Waals surface area contributed by atoms with Gasteiger partial charge < -0.3 is 20.5 Å². The average Bonchev–Trinajstić information content (AvgIpc) is 3.73. The van der Waals surface area contributed by atoms with E-state index in [2.05, 4.69) is 15.6 Å². The first kappa shape index (κ1) is 31.0. The van der Waals surface area contributed by atoms with Crippen molar-refractivity contribution in [3.8, 4) is 11.1 Å². The number of Topliss-reactive ketones (excluding diaryl/α,β-unsaturated/α-hetero) is 1. The van der Waals surface area contributed by atoms with Gasteiger partial charge in [-0.1, -0.05) is 51.9 Å². The number of aromatic nitrogens is 1. The molecule has 0 spiro atoms. The third-order valence-corrected chi connectivity index (χ3v) is 8.45. The first-order valence-electron chi connectivity index (χ1n) is 13.8. The van der Waals surface area contributed by atoms with Crippen LogP contribution in [-0.4, -0.2) is 65.7 Å². The summed E-state index contributed by atoms with van der Waals surface area (Å²) in [6.45, 7) is 1.59. The van der Waals surface area contributed by atoms with Crippen molar-refractivity contribution in [3.63, 3.8) is 0 Å². The second-order valence-electron chi connectivity index (χ2n) is 11.0. The Kier molecular flexibility index (Phi) is 8.87. The minimum Gasteiger partial charge on any atom is -0.385 e. The lowest BCUT2D eigenvalue weighted by Gasteiger charge is -2.34. The summed E-state index contributed by atoms with van der Waals surface area (Å²) in [7, 11) is 1.53. The zero-order chi connectivity index (χ0) is 30.9. The van der Waals surface area contributed by atoms with Crippen molar-refractivity contribution in [3.05, 3.63) is 87.2 Å². The van der Waals surface area contributed by atoms with Gasteiger partial charge in [0.25, 0.3) is 11.6 Å². The standard InChI is InChI=1S/C31H31Cl2FN4O5/c1-18(39)28(41)31(43-17-30(11-12-30)16-36-15-26(40)35-2)25-10-9-23(19-3-5-20(32)6-4-19)24(27(25)29(42)38(31)34)13-22-8-7-21(33)14-37-22/h3-10,14,18,36,39H,11-13,15-17H2,1-2H3,(H,35,40)/t18?,31-/m1/s1. The predicted octanol–water partition coefficient (Wildman–Crippen LogP) is 4.22. The Balaban J connectivity index is 1.60. The van der Waals surface area contributed by atoms with E-state index in [1.54, 1.807) is 42.5 Å². The Labute approximate surface area is 258 Å². The minimum absolute atomic E-state index is 0.00157. The summed E-state index contributed by atoms with van der Waals surface area (Å²) in [4.78, 5) is 43.5. The van der Waals surface area contributed by atoms with Crippen LogP contribution in [0.2, 0.25) is 10.0 Å². The van der Waals surface area contributed by atoms with Gasteiger partial charge >= 0.3 is 0 Å². The molecule has 0 bridgehead atoms. The molecule has 2 amide bonds. The third kappa shape index (κ3) is 6.03. The number of likely N-dealkylation sites (N-methyl/N-ethyl adjacent to an activating group) is 1. The molecule has 2 heterocycles. The Morgan fingerprint density at radius 2 is 1.81 bits per heavy atom. The van der Waals surface area contributed by atoms with Crippen molar-refractivity contribution >= 4 is 40.8 Å². The molecule has 3 N–H and O–H groups in total. The van der Waals surface area contributed by atoms with Gasteiger partial charge in [0.1, 0.15) is 6.10 Å². The van der Waals surface area contributed by atoms with Crippen molar-refractivity contribution in [2.24, 2.45) is 5.41 Å². The van der Waals surface area contributed by atoms with Crippen LogP contribution in [-0.2, 0) is 26.5 Å². The number of hydrogen-bond donors (Lipinski definition) is 3. The SMILES string of the molecule is CNC(=O)CNCC1(CO[C@@]2(C(=O)C(C)O)c3ccc(-c4ccc(Cl)cc4)c(Cc4ccc(Cl)cn4)c3C(=O)N2F)CC1. The molecule has 43 heavy (non-hydrogen) atoms. The fraction of sp³-hybridized carbons (Fsp3) is 0.355. The van der Waals surface area contributed by atoms with Gasteiger partial charge in [-0.05, 0) is 60.7 Å². The molecule has 12 heteroatoms. The normalized spacial score (nSPS) is 19.2. The summed E-state index contributed by atoms with van der Waals surface area (Å²) in [5, 5.41) is 16.8. The molecule has 1 aliphatic carbocycles. The van der Waals surface area contributed by atoms with Crippen LogP contribution in [0.25, 0.3) is 11.1 Å².